The van der Waals surface area contributed by atoms with Crippen molar-refractivity contribution in [1.82, 2.24) is 5.16 Å². The number of aromatic nitrogens is 1. The molecule has 15 heavy (non-hydrogen) atoms. The predicted molar refractivity (Wildman–Crippen MR) is 68.7 cm³/mol. The molecule has 1 heterocycles. The molecule has 0 unspecified atom stereocenters. The Labute approximate surface area is 104 Å². The summed E-state index contributed by atoms with van der Waals surface area (Å²) in [4.78, 5) is 0. The van der Waals surface area contributed by atoms with Crippen LogP contribution in [0, 0.1) is 3.57 Å². The van der Waals surface area contributed by atoms with Crippen LogP contribution in [-0.2, 0) is 0 Å². The van der Waals surface area contributed by atoms with Gasteiger partial charge in [-0.3, -0.25) is 0 Å². The number of rotatable bonds is 1. The zero-order valence-corrected chi connectivity index (χ0v) is 11.0. The average Bonchev–Trinajstić information content (AvgIpc) is 2.48. The average molecular weight is 320 g/mol. The maximum atomic E-state index is 5.70. The lowest BCUT2D eigenvalue weighted by atomic mass is 9.89. The van der Waals surface area contributed by atoms with Gasteiger partial charge in [-0.1, -0.05) is 37.3 Å². The lowest BCUT2D eigenvalue weighted by molar-refractivity contribution is 0.330. The van der Waals surface area contributed by atoms with Gasteiger partial charge in [0.2, 0.25) is 0 Å². The van der Waals surface area contributed by atoms with E-state index in [9.17, 15) is 0 Å². The molecule has 1 aromatic heterocycles. The van der Waals surface area contributed by atoms with Crippen molar-refractivity contribution in [1.29, 1.82) is 0 Å². The summed E-state index contributed by atoms with van der Waals surface area (Å²) in [6.07, 6.45) is 9.17. The number of anilines is 1. The van der Waals surface area contributed by atoms with E-state index < -0.39 is 0 Å². The molecule has 0 spiro atoms. The van der Waals surface area contributed by atoms with Crippen LogP contribution in [0.4, 0.5) is 5.82 Å². The van der Waals surface area contributed by atoms with Crippen LogP contribution in [0.2, 0.25) is 0 Å². The topological polar surface area (TPSA) is 52.0 Å². The number of hydrogen-bond donors (Lipinski definition) is 1. The van der Waals surface area contributed by atoms with Crippen molar-refractivity contribution in [3.05, 3.63) is 9.33 Å². The highest BCUT2D eigenvalue weighted by molar-refractivity contribution is 14.1. The summed E-state index contributed by atoms with van der Waals surface area (Å²) in [5.74, 6) is 2.12. The number of hydrogen-bond acceptors (Lipinski definition) is 3. The minimum Gasteiger partial charge on any atom is -0.380 e. The summed E-state index contributed by atoms with van der Waals surface area (Å²) in [5.41, 5.74) is 5.70. The minimum absolute atomic E-state index is 0.544. The standard InChI is InChI=1S/C11H17IN2O/c12-9-10(15-14-11(9)13)8-6-4-2-1-3-5-7-8/h8H,1-7H2,(H2,13,14). The summed E-state index contributed by atoms with van der Waals surface area (Å²) >= 11 is 2.24. The summed E-state index contributed by atoms with van der Waals surface area (Å²) in [6.45, 7) is 0. The normalized spacial score (nSPS) is 19.8. The van der Waals surface area contributed by atoms with Crippen LogP contribution in [0.1, 0.15) is 56.6 Å². The largest absolute Gasteiger partial charge is 0.380 e. The van der Waals surface area contributed by atoms with Gasteiger partial charge in [0.05, 0.1) is 3.57 Å². The van der Waals surface area contributed by atoms with E-state index >= 15 is 0 Å². The van der Waals surface area contributed by atoms with Crippen LogP contribution < -0.4 is 5.73 Å². The monoisotopic (exact) mass is 320 g/mol. The molecule has 0 aliphatic heterocycles. The Balaban J connectivity index is 2.10. The maximum Gasteiger partial charge on any atom is 0.180 e. The van der Waals surface area contributed by atoms with Crippen molar-refractivity contribution in [2.24, 2.45) is 0 Å². The second-order valence-corrected chi connectivity index (χ2v) is 5.37. The second-order valence-electron chi connectivity index (χ2n) is 4.29. The first-order valence-electron chi connectivity index (χ1n) is 5.69. The number of nitrogens with two attached hydrogens (primary N) is 1. The van der Waals surface area contributed by atoms with E-state index in [1.165, 1.54) is 44.9 Å². The van der Waals surface area contributed by atoms with Gasteiger partial charge in [-0.25, -0.2) is 0 Å². The fourth-order valence-electron chi connectivity index (χ4n) is 2.28. The van der Waals surface area contributed by atoms with Crippen molar-refractivity contribution < 1.29 is 4.52 Å². The molecule has 1 saturated carbocycles. The molecule has 1 fully saturated rings. The van der Waals surface area contributed by atoms with Crippen molar-refractivity contribution >= 4 is 28.4 Å². The van der Waals surface area contributed by atoms with Crippen LogP contribution in [0.5, 0.6) is 0 Å². The Hall–Kier alpha value is -0.260. The molecule has 0 aromatic carbocycles. The molecule has 0 saturated heterocycles. The van der Waals surface area contributed by atoms with E-state index in [4.69, 9.17) is 10.3 Å². The second kappa shape index (κ2) is 5.18. The quantitative estimate of drug-likeness (QED) is 0.803. The van der Waals surface area contributed by atoms with Gasteiger partial charge in [0.25, 0.3) is 0 Å². The molecule has 84 valence electrons. The van der Waals surface area contributed by atoms with Gasteiger partial charge in [-0.05, 0) is 35.4 Å². The minimum atomic E-state index is 0.544. The maximum absolute atomic E-state index is 5.70. The SMILES string of the molecule is Nc1noc(C2CCCCCCC2)c1I. The summed E-state index contributed by atoms with van der Waals surface area (Å²) in [7, 11) is 0. The zero-order chi connectivity index (χ0) is 10.7. The molecule has 0 bridgehead atoms. The van der Waals surface area contributed by atoms with Crippen LogP contribution in [0.3, 0.4) is 0 Å². The van der Waals surface area contributed by atoms with E-state index in [0.29, 0.717) is 11.7 Å². The molecule has 0 amide bonds. The zero-order valence-electron chi connectivity index (χ0n) is 8.84. The van der Waals surface area contributed by atoms with Crippen molar-refractivity contribution in [3.8, 4) is 0 Å². The van der Waals surface area contributed by atoms with Crippen LogP contribution in [-0.4, -0.2) is 5.16 Å². The van der Waals surface area contributed by atoms with E-state index in [0.717, 1.165) is 9.33 Å². The van der Waals surface area contributed by atoms with Gasteiger partial charge in [0.1, 0.15) is 0 Å². The third-order valence-electron chi connectivity index (χ3n) is 3.16. The van der Waals surface area contributed by atoms with E-state index in [1.54, 1.807) is 0 Å². The van der Waals surface area contributed by atoms with E-state index in [-0.39, 0.29) is 0 Å². The van der Waals surface area contributed by atoms with Gasteiger partial charge in [-0.15, -0.1) is 0 Å². The number of nitrogen functional groups attached to an aromatic ring is 1. The highest BCUT2D eigenvalue weighted by Crippen LogP contribution is 2.34. The Kier molecular flexibility index (Phi) is 3.88. The lowest BCUT2D eigenvalue weighted by Gasteiger charge is -2.17. The fraction of sp³-hybridized carbons (Fsp3) is 0.727. The van der Waals surface area contributed by atoms with Gasteiger partial charge in [0.15, 0.2) is 11.6 Å². The van der Waals surface area contributed by atoms with Crippen LogP contribution in [0.15, 0.2) is 4.52 Å². The van der Waals surface area contributed by atoms with Gasteiger partial charge in [0, 0.05) is 5.92 Å². The van der Waals surface area contributed by atoms with Crippen molar-refractivity contribution in [3.63, 3.8) is 0 Å². The Bertz CT molecular complexity index is 316. The van der Waals surface area contributed by atoms with Crippen LogP contribution in [0.25, 0.3) is 0 Å². The molecule has 1 aliphatic carbocycles. The Morgan fingerprint density at radius 1 is 1.13 bits per heavy atom. The number of nitrogens with zero attached hydrogens (tertiary/aromatic N) is 1. The molecule has 0 radical (unpaired) electrons. The highest BCUT2D eigenvalue weighted by Gasteiger charge is 2.22. The smallest absolute Gasteiger partial charge is 0.180 e. The van der Waals surface area contributed by atoms with Crippen molar-refractivity contribution in [2.75, 3.05) is 5.73 Å². The molecule has 1 aromatic rings. The molecular formula is C11H17IN2O. The molecular weight excluding hydrogens is 303 g/mol. The van der Waals surface area contributed by atoms with Gasteiger partial charge >= 0.3 is 0 Å². The molecule has 1 aliphatic rings. The predicted octanol–water partition coefficient (Wildman–Crippen LogP) is 3.69. The van der Waals surface area contributed by atoms with E-state index in [2.05, 4.69) is 27.7 Å². The summed E-state index contributed by atoms with van der Waals surface area (Å²) in [5, 5.41) is 3.84. The molecule has 3 nitrogen and oxygen atoms in total. The Morgan fingerprint density at radius 2 is 1.73 bits per heavy atom. The summed E-state index contributed by atoms with van der Waals surface area (Å²) < 4.78 is 6.37. The van der Waals surface area contributed by atoms with Gasteiger partial charge in [-0.2, -0.15) is 0 Å². The number of halogens is 1. The molecule has 2 N–H and O–H groups in total. The van der Waals surface area contributed by atoms with Gasteiger partial charge < -0.3 is 10.3 Å². The van der Waals surface area contributed by atoms with Crippen molar-refractivity contribution in [2.45, 2.75) is 50.9 Å². The third kappa shape index (κ3) is 2.65. The van der Waals surface area contributed by atoms with Crippen LogP contribution >= 0.6 is 22.6 Å². The molecule has 0 atom stereocenters. The first-order chi connectivity index (χ1) is 7.29. The van der Waals surface area contributed by atoms with E-state index in [1.807, 2.05) is 0 Å². The lowest BCUT2D eigenvalue weighted by Crippen LogP contribution is -2.03. The summed E-state index contributed by atoms with van der Waals surface area (Å²) in [6, 6.07) is 0. The first kappa shape index (κ1) is 11.2. The molecule has 2 rings (SSSR count). The molecule has 4 heteroatoms. The highest BCUT2D eigenvalue weighted by atomic mass is 127. The fourth-order valence-corrected chi connectivity index (χ4v) is 2.91. The first-order valence-corrected chi connectivity index (χ1v) is 6.77. The third-order valence-corrected chi connectivity index (χ3v) is 4.24. The Morgan fingerprint density at radius 3 is 2.27 bits per heavy atom.